The van der Waals surface area contributed by atoms with Crippen molar-refractivity contribution >= 4 is 5.97 Å². The number of ether oxygens (including phenoxy) is 1. The fourth-order valence-corrected chi connectivity index (χ4v) is 1.93. The van der Waals surface area contributed by atoms with Gasteiger partial charge in [-0.25, -0.2) is 9.78 Å². The molecule has 0 N–H and O–H groups in total. The molecule has 3 aromatic rings. The number of aryl methyl sites for hydroxylation is 2. The van der Waals surface area contributed by atoms with Gasteiger partial charge in [0, 0.05) is 12.4 Å². The molecule has 0 aliphatic carbocycles. The second-order valence-electron chi connectivity index (χ2n) is 4.79. The summed E-state index contributed by atoms with van der Waals surface area (Å²) < 4.78 is 17.6. The van der Waals surface area contributed by atoms with Gasteiger partial charge in [0.25, 0.3) is 0 Å². The summed E-state index contributed by atoms with van der Waals surface area (Å²) in [5.74, 6) is 1.29. The topological polar surface area (TPSA) is 83.3 Å². The van der Waals surface area contributed by atoms with Crippen LogP contribution in [0.2, 0.25) is 0 Å². The van der Waals surface area contributed by atoms with Gasteiger partial charge in [0.2, 0.25) is 11.7 Å². The van der Waals surface area contributed by atoms with Crippen LogP contribution in [0.5, 0.6) is 0 Å². The summed E-state index contributed by atoms with van der Waals surface area (Å²) in [6.45, 7) is 4.07. The van der Waals surface area contributed by atoms with E-state index in [4.69, 9.17) is 13.6 Å². The van der Waals surface area contributed by atoms with Crippen LogP contribution in [0.4, 0.5) is 0 Å². The highest BCUT2D eigenvalue weighted by Crippen LogP contribution is 2.13. The minimum Gasteiger partial charge on any atom is -0.452 e. The summed E-state index contributed by atoms with van der Waals surface area (Å²) in [4.78, 5) is 16.1. The molecule has 3 rings (SSSR count). The SMILES string of the molecule is Cc1nc(COC(=O)c2ccc(Cn3cccn3)o2)oc1C. The van der Waals surface area contributed by atoms with Crippen LogP contribution in [-0.4, -0.2) is 20.7 Å². The van der Waals surface area contributed by atoms with E-state index in [1.54, 1.807) is 23.0 Å². The van der Waals surface area contributed by atoms with Crippen molar-refractivity contribution in [2.24, 2.45) is 0 Å². The zero-order valence-electron chi connectivity index (χ0n) is 12.3. The predicted octanol–water partition coefficient (Wildman–Crippen LogP) is 2.49. The number of esters is 1. The summed E-state index contributed by atoms with van der Waals surface area (Å²) in [6, 6.07) is 5.11. The van der Waals surface area contributed by atoms with Gasteiger partial charge in [0.15, 0.2) is 6.61 Å². The smallest absolute Gasteiger partial charge is 0.374 e. The van der Waals surface area contributed by atoms with Crippen molar-refractivity contribution in [1.29, 1.82) is 0 Å². The van der Waals surface area contributed by atoms with E-state index in [9.17, 15) is 4.79 Å². The summed E-state index contributed by atoms with van der Waals surface area (Å²) >= 11 is 0. The largest absolute Gasteiger partial charge is 0.452 e. The highest BCUT2D eigenvalue weighted by molar-refractivity contribution is 5.86. The van der Waals surface area contributed by atoms with Crippen molar-refractivity contribution in [3.63, 3.8) is 0 Å². The van der Waals surface area contributed by atoms with Gasteiger partial charge in [0.1, 0.15) is 11.5 Å². The van der Waals surface area contributed by atoms with Gasteiger partial charge < -0.3 is 13.6 Å². The molecule has 22 heavy (non-hydrogen) atoms. The quantitative estimate of drug-likeness (QED) is 0.673. The molecule has 0 atom stereocenters. The van der Waals surface area contributed by atoms with Gasteiger partial charge >= 0.3 is 5.97 Å². The zero-order chi connectivity index (χ0) is 15.5. The maximum absolute atomic E-state index is 11.9. The van der Waals surface area contributed by atoms with E-state index >= 15 is 0 Å². The lowest BCUT2D eigenvalue weighted by Crippen LogP contribution is -2.04. The van der Waals surface area contributed by atoms with Gasteiger partial charge in [0.05, 0.1) is 12.2 Å². The standard InChI is InChI=1S/C15H15N3O4/c1-10-11(2)21-14(17-10)9-20-15(19)13-5-4-12(22-13)8-18-7-3-6-16-18/h3-7H,8-9H2,1-2H3. The van der Waals surface area contributed by atoms with Crippen molar-refractivity contribution < 1.29 is 18.4 Å². The number of furan rings is 1. The molecule has 0 unspecified atom stereocenters. The lowest BCUT2D eigenvalue weighted by molar-refractivity contribution is 0.0398. The summed E-state index contributed by atoms with van der Waals surface area (Å²) in [5.41, 5.74) is 0.783. The van der Waals surface area contributed by atoms with Crippen LogP contribution >= 0.6 is 0 Å². The maximum Gasteiger partial charge on any atom is 0.374 e. The number of aromatic nitrogens is 3. The number of hydrogen-bond donors (Lipinski definition) is 0. The first-order valence-electron chi connectivity index (χ1n) is 6.78. The van der Waals surface area contributed by atoms with E-state index < -0.39 is 5.97 Å². The minimum atomic E-state index is -0.555. The highest BCUT2D eigenvalue weighted by Gasteiger charge is 2.15. The molecule has 0 saturated carbocycles. The van der Waals surface area contributed by atoms with Gasteiger partial charge in [-0.3, -0.25) is 4.68 Å². The number of oxazole rings is 1. The fourth-order valence-electron chi connectivity index (χ4n) is 1.93. The molecular weight excluding hydrogens is 286 g/mol. The molecule has 7 nitrogen and oxygen atoms in total. The molecule has 0 bridgehead atoms. The Kier molecular flexibility index (Phi) is 3.78. The number of rotatable bonds is 5. The Morgan fingerprint density at radius 2 is 2.18 bits per heavy atom. The number of nitrogens with zero attached hydrogens (tertiary/aromatic N) is 3. The van der Waals surface area contributed by atoms with Crippen LogP contribution < -0.4 is 0 Å². The molecular formula is C15H15N3O4. The van der Waals surface area contributed by atoms with Crippen molar-refractivity contribution in [1.82, 2.24) is 14.8 Å². The molecule has 0 amide bonds. The average Bonchev–Trinajstić information content (AvgIpc) is 3.21. The number of carbonyl (C=O) groups excluding carboxylic acids is 1. The van der Waals surface area contributed by atoms with E-state index in [1.807, 2.05) is 26.1 Å². The Bertz CT molecular complexity index is 751. The first-order chi connectivity index (χ1) is 10.6. The van der Waals surface area contributed by atoms with Crippen molar-refractivity contribution in [3.8, 4) is 0 Å². The second kappa shape index (κ2) is 5.88. The molecule has 3 aromatic heterocycles. The lowest BCUT2D eigenvalue weighted by Gasteiger charge is -2.00. The van der Waals surface area contributed by atoms with Gasteiger partial charge in [-0.05, 0) is 32.0 Å². The molecule has 0 fully saturated rings. The highest BCUT2D eigenvalue weighted by atomic mass is 16.6. The third-order valence-corrected chi connectivity index (χ3v) is 3.14. The Balaban J connectivity index is 1.59. The first-order valence-corrected chi connectivity index (χ1v) is 6.78. The zero-order valence-corrected chi connectivity index (χ0v) is 12.3. The fraction of sp³-hybridized carbons (Fsp3) is 0.267. The van der Waals surface area contributed by atoms with Crippen molar-refractivity contribution in [3.05, 3.63) is 59.5 Å². The molecule has 0 aliphatic heterocycles. The van der Waals surface area contributed by atoms with Crippen LogP contribution in [0.15, 0.2) is 39.4 Å². The molecule has 114 valence electrons. The van der Waals surface area contributed by atoms with E-state index in [2.05, 4.69) is 10.1 Å². The summed E-state index contributed by atoms with van der Waals surface area (Å²) in [7, 11) is 0. The average molecular weight is 301 g/mol. The first kappa shape index (κ1) is 14.1. The van der Waals surface area contributed by atoms with Gasteiger partial charge in [-0.15, -0.1) is 0 Å². The van der Waals surface area contributed by atoms with Crippen LogP contribution in [0.3, 0.4) is 0 Å². The van der Waals surface area contributed by atoms with Crippen LogP contribution in [0.1, 0.15) is 33.7 Å². The lowest BCUT2D eigenvalue weighted by atomic mass is 10.4. The third kappa shape index (κ3) is 3.08. The van der Waals surface area contributed by atoms with E-state index in [-0.39, 0.29) is 12.4 Å². The number of carbonyl (C=O) groups is 1. The maximum atomic E-state index is 11.9. The molecule has 3 heterocycles. The summed E-state index contributed by atoms with van der Waals surface area (Å²) in [6.07, 6.45) is 3.49. The van der Waals surface area contributed by atoms with Gasteiger partial charge in [-0.1, -0.05) is 0 Å². The Morgan fingerprint density at radius 1 is 1.32 bits per heavy atom. The predicted molar refractivity (Wildman–Crippen MR) is 75.1 cm³/mol. The molecule has 0 saturated heterocycles. The third-order valence-electron chi connectivity index (χ3n) is 3.14. The van der Waals surface area contributed by atoms with Gasteiger partial charge in [-0.2, -0.15) is 5.10 Å². The van der Waals surface area contributed by atoms with Crippen LogP contribution in [0, 0.1) is 13.8 Å². The Hall–Kier alpha value is -2.83. The molecule has 0 aliphatic rings. The second-order valence-corrected chi connectivity index (χ2v) is 4.79. The number of hydrogen-bond acceptors (Lipinski definition) is 6. The Labute approximate surface area is 126 Å². The molecule has 0 radical (unpaired) electrons. The Morgan fingerprint density at radius 3 is 2.86 bits per heavy atom. The monoisotopic (exact) mass is 301 g/mol. The van der Waals surface area contributed by atoms with Crippen molar-refractivity contribution in [2.75, 3.05) is 0 Å². The molecule has 0 aromatic carbocycles. The normalized spacial score (nSPS) is 10.8. The summed E-state index contributed by atoms with van der Waals surface area (Å²) in [5, 5.41) is 4.07. The molecule has 7 heteroatoms. The van der Waals surface area contributed by atoms with Crippen LogP contribution in [0.25, 0.3) is 0 Å². The molecule has 0 spiro atoms. The van der Waals surface area contributed by atoms with Crippen LogP contribution in [-0.2, 0) is 17.9 Å². The van der Waals surface area contributed by atoms with E-state index in [0.717, 1.165) is 5.69 Å². The van der Waals surface area contributed by atoms with E-state index in [1.165, 1.54) is 0 Å². The van der Waals surface area contributed by atoms with E-state index in [0.29, 0.717) is 24.0 Å². The van der Waals surface area contributed by atoms with Crippen molar-refractivity contribution in [2.45, 2.75) is 27.0 Å². The minimum absolute atomic E-state index is 0.0251.